The molecule has 2 heterocycles. The quantitative estimate of drug-likeness (QED) is 0.890. The Morgan fingerprint density at radius 3 is 2.48 bits per heavy atom. The second-order valence-corrected chi connectivity index (χ2v) is 5.64. The fourth-order valence-electron chi connectivity index (χ4n) is 2.39. The van der Waals surface area contributed by atoms with Crippen LogP contribution in [0.15, 0.2) is 12.4 Å². The number of amides is 1. The van der Waals surface area contributed by atoms with Crippen LogP contribution in [0.3, 0.4) is 0 Å². The summed E-state index contributed by atoms with van der Waals surface area (Å²) >= 11 is 0. The molecule has 0 aliphatic carbocycles. The summed E-state index contributed by atoms with van der Waals surface area (Å²) in [5.41, 5.74) is 0.426. The lowest BCUT2D eigenvalue weighted by molar-refractivity contribution is 0.0589. The summed E-state index contributed by atoms with van der Waals surface area (Å²) in [7, 11) is 0. The van der Waals surface area contributed by atoms with Gasteiger partial charge in [0, 0.05) is 38.8 Å². The molecule has 6 heteroatoms. The van der Waals surface area contributed by atoms with Crippen molar-refractivity contribution in [2.75, 3.05) is 38.0 Å². The first-order chi connectivity index (χ1) is 10.1. The normalized spacial score (nSPS) is 16.3. The molecule has 0 aromatic carbocycles. The molecule has 1 N–H and O–H groups in total. The van der Waals surface area contributed by atoms with Gasteiger partial charge in [-0.3, -0.25) is 9.69 Å². The third-order valence-corrected chi connectivity index (χ3v) is 3.76. The zero-order chi connectivity index (χ0) is 15.2. The minimum Gasteiger partial charge on any atom is -0.369 e. The Kier molecular flexibility index (Phi) is 5.50. The van der Waals surface area contributed by atoms with Gasteiger partial charge in [0.25, 0.3) is 5.91 Å². The van der Waals surface area contributed by atoms with Gasteiger partial charge in [0.05, 0.1) is 12.4 Å². The fraction of sp³-hybridized carbons (Fsp3) is 0.667. The maximum Gasteiger partial charge on any atom is 0.274 e. The highest BCUT2D eigenvalue weighted by atomic mass is 16.2. The van der Waals surface area contributed by atoms with Crippen LogP contribution in [0.5, 0.6) is 0 Å². The van der Waals surface area contributed by atoms with Crippen LogP contribution in [0.4, 0.5) is 5.82 Å². The molecule has 1 saturated heterocycles. The molecule has 0 saturated carbocycles. The molecule has 1 fully saturated rings. The van der Waals surface area contributed by atoms with Crippen molar-refractivity contribution >= 4 is 11.7 Å². The summed E-state index contributed by atoms with van der Waals surface area (Å²) < 4.78 is 0. The molecule has 1 aromatic heterocycles. The van der Waals surface area contributed by atoms with Crippen molar-refractivity contribution in [3.63, 3.8) is 0 Å². The summed E-state index contributed by atoms with van der Waals surface area (Å²) in [6.45, 7) is 10.7. The summed E-state index contributed by atoms with van der Waals surface area (Å²) in [6.07, 6.45) is 4.23. The molecular weight excluding hydrogens is 266 g/mol. The van der Waals surface area contributed by atoms with Crippen molar-refractivity contribution in [3.8, 4) is 0 Å². The summed E-state index contributed by atoms with van der Waals surface area (Å²) in [6, 6.07) is 0.533. The number of nitrogens with zero attached hydrogens (tertiary/aromatic N) is 4. The summed E-state index contributed by atoms with van der Waals surface area (Å²) in [4.78, 5) is 25.1. The molecule has 0 bridgehead atoms. The lowest BCUT2D eigenvalue weighted by Crippen LogP contribution is -2.50. The van der Waals surface area contributed by atoms with Crippen LogP contribution in [0.25, 0.3) is 0 Å². The lowest BCUT2D eigenvalue weighted by atomic mass is 10.2. The second kappa shape index (κ2) is 7.36. The van der Waals surface area contributed by atoms with E-state index in [4.69, 9.17) is 0 Å². The summed E-state index contributed by atoms with van der Waals surface area (Å²) in [5.74, 6) is 0.700. The number of aromatic nitrogens is 2. The number of piperazine rings is 1. The van der Waals surface area contributed by atoms with Crippen LogP contribution in [-0.2, 0) is 0 Å². The van der Waals surface area contributed by atoms with Gasteiger partial charge in [0.2, 0.25) is 0 Å². The molecule has 0 spiro atoms. The van der Waals surface area contributed by atoms with E-state index in [0.29, 0.717) is 11.7 Å². The van der Waals surface area contributed by atoms with Gasteiger partial charge < -0.3 is 10.2 Å². The average Bonchev–Trinajstić information content (AvgIpc) is 2.53. The third-order valence-electron chi connectivity index (χ3n) is 3.76. The van der Waals surface area contributed by atoms with Gasteiger partial charge in [-0.1, -0.05) is 6.92 Å². The number of anilines is 1. The Hall–Kier alpha value is -1.69. The Morgan fingerprint density at radius 1 is 1.24 bits per heavy atom. The van der Waals surface area contributed by atoms with Crippen molar-refractivity contribution in [1.82, 2.24) is 19.8 Å². The smallest absolute Gasteiger partial charge is 0.274 e. The van der Waals surface area contributed by atoms with Gasteiger partial charge in [-0.15, -0.1) is 0 Å². The highest BCUT2D eigenvalue weighted by molar-refractivity contribution is 5.92. The minimum atomic E-state index is -0.0204. The maximum atomic E-state index is 12.4. The van der Waals surface area contributed by atoms with E-state index in [1.807, 2.05) is 4.90 Å². The molecule has 0 radical (unpaired) electrons. The van der Waals surface area contributed by atoms with E-state index in [-0.39, 0.29) is 5.91 Å². The van der Waals surface area contributed by atoms with Crippen LogP contribution >= 0.6 is 0 Å². The van der Waals surface area contributed by atoms with Gasteiger partial charge in [-0.25, -0.2) is 9.97 Å². The number of carbonyl (C=O) groups excluding carboxylic acids is 1. The molecule has 116 valence electrons. The van der Waals surface area contributed by atoms with E-state index in [2.05, 4.69) is 41.0 Å². The molecule has 6 nitrogen and oxygen atoms in total. The molecule has 1 aliphatic rings. The van der Waals surface area contributed by atoms with Gasteiger partial charge in [0.1, 0.15) is 11.5 Å². The molecule has 1 amide bonds. The van der Waals surface area contributed by atoms with Gasteiger partial charge in [-0.2, -0.15) is 0 Å². The van der Waals surface area contributed by atoms with Crippen LogP contribution in [0.2, 0.25) is 0 Å². The van der Waals surface area contributed by atoms with Crippen molar-refractivity contribution in [3.05, 3.63) is 18.1 Å². The number of carbonyl (C=O) groups is 1. The van der Waals surface area contributed by atoms with Crippen molar-refractivity contribution in [2.24, 2.45) is 0 Å². The van der Waals surface area contributed by atoms with E-state index in [1.54, 1.807) is 12.4 Å². The molecule has 0 unspecified atom stereocenters. The summed E-state index contributed by atoms with van der Waals surface area (Å²) in [5, 5.41) is 3.15. The van der Waals surface area contributed by atoms with Crippen LogP contribution < -0.4 is 5.32 Å². The topological polar surface area (TPSA) is 61.4 Å². The Labute approximate surface area is 126 Å². The van der Waals surface area contributed by atoms with Crippen molar-refractivity contribution in [1.29, 1.82) is 0 Å². The Morgan fingerprint density at radius 2 is 1.95 bits per heavy atom. The average molecular weight is 291 g/mol. The van der Waals surface area contributed by atoms with Crippen LogP contribution in [0, 0.1) is 0 Å². The second-order valence-electron chi connectivity index (χ2n) is 5.64. The standard InChI is InChI=1S/C15H25N5O/c1-4-5-16-14-11-17-13(10-18-14)15(21)20-8-6-19(7-9-20)12(2)3/h10-12H,4-9H2,1-3H3,(H,16,18). The minimum absolute atomic E-state index is 0.0204. The molecule has 1 aromatic rings. The highest BCUT2D eigenvalue weighted by Crippen LogP contribution is 2.10. The number of hydrogen-bond acceptors (Lipinski definition) is 5. The number of hydrogen-bond donors (Lipinski definition) is 1. The van der Waals surface area contributed by atoms with Gasteiger partial charge in [-0.05, 0) is 20.3 Å². The predicted molar refractivity (Wildman–Crippen MR) is 83.4 cm³/mol. The highest BCUT2D eigenvalue weighted by Gasteiger charge is 2.24. The van der Waals surface area contributed by atoms with Crippen molar-refractivity contribution in [2.45, 2.75) is 33.2 Å². The zero-order valence-electron chi connectivity index (χ0n) is 13.2. The van der Waals surface area contributed by atoms with E-state index >= 15 is 0 Å². The Balaban J connectivity index is 1.91. The molecule has 21 heavy (non-hydrogen) atoms. The SMILES string of the molecule is CCCNc1cnc(C(=O)N2CCN(C(C)C)CC2)cn1. The largest absolute Gasteiger partial charge is 0.369 e. The van der Waals surface area contributed by atoms with Gasteiger partial charge in [0.15, 0.2) is 0 Å². The maximum absolute atomic E-state index is 12.4. The predicted octanol–water partition coefficient (Wildman–Crippen LogP) is 1.46. The first-order valence-electron chi connectivity index (χ1n) is 7.71. The third kappa shape index (κ3) is 4.14. The Bertz CT molecular complexity index is 452. The van der Waals surface area contributed by atoms with Crippen LogP contribution in [-0.4, -0.2) is 64.4 Å². The number of nitrogens with one attached hydrogen (secondary N) is 1. The van der Waals surface area contributed by atoms with E-state index in [0.717, 1.165) is 45.0 Å². The van der Waals surface area contributed by atoms with E-state index < -0.39 is 0 Å². The monoisotopic (exact) mass is 291 g/mol. The lowest BCUT2D eigenvalue weighted by Gasteiger charge is -2.36. The van der Waals surface area contributed by atoms with Crippen molar-refractivity contribution < 1.29 is 4.79 Å². The first-order valence-corrected chi connectivity index (χ1v) is 7.71. The molecule has 2 rings (SSSR count). The van der Waals surface area contributed by atoms with E-state index in [1.165, 1.54) is 0 Å². The zero-order valence-corrected chi connectivity index (χ0v) is 13.2. The van der Waals surface area contributed by atoms with E-state index in [9.17, 15) is 4.79 Å². The molecule has 0 atom stereocenters. The molecular formula is C15H25N5O. The first kappa shape index (κ1) is 15.7. The fourth-order valence-corrected chi connectivity index (χ4v) is 2.39. The number of rotatable bonds is 5. The van der Waals surface area contributed by atoms with Crippen LogP contribution in [0.1, 0.15) is 37.7 Å². The van der Waals surface area contributed by atoms with Gasteiger partial charge >= 0.3 is 0 Å². The molecule has 1 aliphatic heterocycles.